The number of likely N-dealkylation sites (tertiary alicyclic amines) is 1. The number of urea groups is 1. The highest BCUT2D eigenvalue weighted by atomic mass is 19.2. The lowest BCUT2D eigenvalue weighted by molar-refractivity contribution is -0.113. The highest BCUT2D eigenvalue weighted by Gasteiger charge is 2.33. The van der Waals surface area contributed by atoms with Crippen LogP contribution in [0.15, 0.2) is 42.9 Å². The number of allylic oxidation sites excluding steroid dienone is 2. The predicted octanol–water partition coefficient (Wildman–Crippen LogP) is 5.26. The van der Waals surface area contributed by atoms with Gasteiger partial charge in [-0.3, -0.25) is 9.20 Å². The second kappa shape index (κ2) is 8.79. The van der Waals surface area contributed by atoms with E-state index in [1.807, 2.05) is 38.3 Å². The Labute approximate surface area is 218 Å². The number of amides is 2. The zero-order valence-corrected chi connectivity index (χ0v) is 20.9. The highest BCUT2D eigenvalue weighted by Crippen LogP contribution is 2.43. The third-order valence-corrected chi connectivity index (χ3v) is 8.16. The normalized spacial score (nSPS) is 18.2. The lowest BCUT2D eigenvalue weighted by atomic mass is 9.97. The fraction of sp³-hybridized carbons (Fsp3) is 0.345. The maximum Gasteiger partial charge on any atom is 0.320 e. The number of hydrogen-bond donors (Lipinski definition) is 0. The van der Waals surface area contributed by atoms with Gasteiger partial charge in [0.25, 0.3) is 0 Å². The molecular weight excluding hydrogens is 488 g/mol. The van der Waals surface area contributed by atoms with Crippen molar-refractivity contribution < 1.29 is 18.4 Å². The topological polar surface area (TPSA) is 62.9 Å². The minimum Gasteiger partial charge on any atom is -0.345 e. The fourth-order valence-electron chi connectivity index (χ4n) is 6.36. The van der Waals surface area contributed by atoms with Crippen molar-refractivity contribution in [2.75, 3.05) is 19.6 Å². The first-order valence-electron chi connectivity index (χ1n) is 13.2. The number of hydrogen-bond acceptors (Lipinski definition) is 3. The molecule has 2 amide bonds. The van der Waals surface area contributed by atoms with Gasteiger partial charge in [0, 0.05) is 68.1 Å². The van der Waals surface area contributed by atoms with Crippen LogP contribution < -0.4 is 0 Å². The van der Waals surface area contributed by atoms with E-state index in [-0.39, 0.29) is 23.7 Å². The quantitative estimate of drug-likeness (QED) is 0.366. The Bertz CT molecular complexity index is 1660. The summed E-state index contributed by atoms with van der Waals surface area (Å²) in [6, 6.07) is 6.82. The Morgan fingerprint density at radius 3 is 2.66 bits per heavy atom. The molecule has 194 valence electrons. The molecule has 1 aromatic carbocycles. The number of imidazole rings is 1. The largest absolute Gasteiger partial charge is 0.345 e. The van der Waals surface area contributed by atoms with Crippen molar-refractivity contribution in [1.82, 2.24) is 23.8 Å². The van der Waals surface area contributed by atoms with Crippen LogP contribution in [0.1, 0.15) is 48.9 Å². The van der Waals surface area contributed by atoms with Crippen LogP contribution >= 0.6 is 0 Å². The minimum absolute atomic E-state index is 0.0582. The van der Waals surface area contributed by atoms with Gasteiger partial charge < -0.3 is 14.4 Å². The number of piperidine rings is 1. The standard InChI is InChI=1S/C29H27F2N5O2/c30-21-14-18-16-35(29(38)33-9-3-1-4-10-33)13-12-34-17-20(26(27(21)31)28(18)34)25-19(7-8-23(25)37)22-15-32-24-6-2-5-11-36(22)24/h2,5-6,11,14-15,17H,1,3-4,7-10,12-13,16H2. The molecule has 7 rings (SSSR count). The van der Waals surface area contributed by atoms with E-state index >= 15 is 8.78 Å². The van der Waals surface area contributed by atoms with Crippen molar-refractivity contribution >= 4 is 39.5 Å². The van der Waals surface area contributed by atoms with Gasteiger partial charge in [0.05, 0.1) is 17.4 Å². The molecule has 1 aliphatic carbocycles. The Morgan fingerprint density at radius 1 is 0.974 bits per heavy atom. The summed E-state index contributed by atoms with van der Waals surface area (Å²) in [5.74, 6) is -2.02. The number of ketones is 1. The van der Waals surface area contributed by atoms with E-state index in [0.29, 0.717) is 48.1 Å². The number of pyridine rings is 1. The van der Waals surface area contributed by atoms with E-state index in [0.717, 1.165) is 49.3 Å². The Hall–Kier alpha value is -4.01. The third-order valence-electron chi connectivity index (χ3n) is 8.16. The maximum absolute atomic E-state index is 15.6. The summed E-state index contributed by atoms with van der Waals surface area (Å²) in [6.45, 7) is 2.49. The second-order valence-corrected chi connectivity index (χ2v) is 10.4. The van der Waals surface area contributed by atoms with E-state index in [4.69, 9.17) is 0 Å². The summed E-state index contributed by atoms with van der Waals surface area (Å²) in [7, 11) is 0. The molecule has 1 saturated heterocycles. The summed E-state index contributed by atoms with van der Waals surface area (Å²) in [5, 5.41) is 0.115. The number of carbonyl (C=O) groups is 2. The molecule has 5 heterocycles. The van der Waals surface area contributed by atoms with Crippen molar-refractivity contribution in [2.45, 2.75) is 45.2 Å². The van der Waals surface area contributed by atoms with Crippen molar-refractivity contribution in [3.8, 4) is 0 Å². The molecule has 38 heavy (non-hydrogen) atoms. The van der Waals surface area contributed by atoms with Crippen LogP contribution in [0.5, 0.6) is 0 Å². The first-order valence-corrected chi connectivity index (χ1v) is 13.2. The number of benzene rings is 1. The van der Waals surface area contributed by atoms with Gasteiger partial charge in [-0.2, -0.15) is 0 Å². The average Bonchev–Trinajstić information content (AvgIpc) is 3.61. The van der Waals surface area contributed by atoms with Gasteiger partial charge >= 0.3 is 6.03 Å². The second-order valence-electron chi connectivity index (χ2n) is 10.4. The number of nitrogens with zero attached hydrogens (tertiary/aromatic N) is 5. The molecule has 0 N–H and O–H groups in total. The van der Waals surface area contributed by atoms with Crippen LogP contribution in [0.4, 0.5) is 13.6 Å². The lowest BCUT2D eigenvalue weighted by Crippen LogP contribution is -2.45. The number of aromatic nitrogens is 3. The molecule has 0 bridgehead atoms. The van der Waals surface area contributed by atoms with E-state index < -0.39 is 11.6 Å². The van der Waals surface area contributed by atoms with E-state index in [1.54, 1.807) is 17.3 Å². The van der Waals surface area contributed by atoms with Gasteiger partial charge in [-0.05, 0) is 55.0 Å². The number of rotatable bonds is 2. The number of carbonyl (C=O) groups excluding carboxylic acids is 2. The summed E-state index contributed by atoms with van der Waals surface area (Å²) in [5.41, 5.74) is 4.27. The monoisotopic (exact) mass is 515 g/mol. The van der Waals surface area contributed by atoms with Crippen molar-refractivity contribution in [2.24, 2.45) is 0 Å². The van der Waals surface area contributed by atoms with Crippen molar-refractivity contribution in [3.63, 3.8) is 0 Å². The molecule has 3 aliphatic rings. The van der Waals surface area contributed by atoms with E-state index in [1.165, 1.54) is 6.07 Å². The average molecular weight is 516 g/mol. The van der Waals surface area contributed by atoms with Crippen molar-refractivity contribution in [3.05, 3.63) is 71.3 Å². The molecule has 0 saturated carbocycles. The smallest absolute Gasteiger partial charge is 0.320 e. The summed E-state index contributed by atoms with van der Waals surface area (Å²) >= 11 is 0. The molecule has 2 aliphatic heterocycles. The SMILES string of the molecule is O=C1CCC(c2cnc3ccccn23)=C1c1cn2c3c(cc(F)c(F)c13)CN(C(=O)N1CCCCC1)CC2. The van der Waals surface area contributed by atoms with Crippen molar-refractivity contribution in [1.29, 1.82) is 0 Å². The van der Waals surface area contributed by atoms with Gasteiger partial charge in [-0.15, -0.1) is 0 Å². The third kappa shape index (κ3) is 3.48. The van der Waals surface area contributed by atoms with Crippen LogP contribution in [-0.2, 0) is 17.9 Å². The first kappa shape index (κ1) is 23.1. The van der Waals surface area contributed by atoms with Crippen LogP contribution in [0.3, 0.4) is 0 Å². The number of halogens is 2. The lowest BCUT2D eigenvalue weighted by Gasteiger charge is -2.32. The molecular formula is C29H27F2N5O2. The zero-order chi connectivity index (χ0) is 26.0. The van der Waals surface area contributed by atoms with Crippen LogP contribution in [0.25, 0.3) is 27.7 Å². The van der Waals surface area contributed by atoms with E-state index in [2.05, 4.69) is 4.98 Å². The van der Waals surface area contributed by atoms with Gasteiger partial charge in [0.15, 0.2) is 17.4 Å². The minimum atomic E-state index is -0.971. The molecule has 0 radical (unpaired) electrons. The first-order chi connectivity index (χ1) is 18.5. The summed E-state index contributed by atoms with van der Waals surface area (Å²) in [6.07, 6.45) is 9.29. The van der Waals surface area contributed by atoms with Crippen LogP contribution in [-0.4, -0.2) is 55.2 Å². The molecule has 4 aromatic rings. The fourth-order valence-corrected chi connectivity index (χ4v) is 6.36. The van der Waals surface area contributed by atoms with Gasteiger partial charge in [-0.25, -0.2) is 18.6 Å². The van der Waals surface area contributed by atoms with Gasteiger partial charge in [0.2, 0.25) is 0 Å². The maximum atomic E-state index is 15.6. The molecule has 0 spiro atoms. The Morgan fingerprint density at radius 2 is 1.82 bits per heavy atom. The van der Waals surface area contributed by atoms with Gasteiger partial charge in [-0.1, -0.05) is 6.07 Å². The molecule has 0 unspecified atom stereocenters. The molecule has 0 atom stereocenters. The molecule has 1 fully saturated rings. The molecule has 3 aromatic heterocycles. The van der Waals surface area contributed by atoms with Crippen LogP contribution in [0, 0.1) is 11.6 Å². The predicted molar refractivity (Wildman–Crippen MR) is 139 cm³/mol. The summed E-state index contributed by atoms with van der Waals surface area (Å²) < 4.78 is 34.4. The van der Waals surface area contributed by atoms with Gasteiger partial charge in [0.1, 0.15) is 5.65 Å². The number of Topliss-reactive ketones (excluding diaryl/α,β-unsaturated/α-hetero) is 1. The number of fused-ring (bicyclic) bond motifs is 1. The summed E-state index contributed by atoms with van der Waals surface area (Å²) in [4.78, 5) is 34.6. The Kier molecular flexibility index (Phi) is 5.35. The highest BCUT2D eigenvalue weighted by molar-refractivity contribution is 6.33. The van der Waals surface area contributed by atoms with Crippen LogP contribution in [0.2, 0.25) is 0 Å². The molecule has 9 heteroatoms. The molecule has 7 nitrogen and oxygen atoms in total. The Balaban J connectivity index is 1.37. The van der Waals surface area contributed by atoms with E-state index in [9.17, 15) is 9.59 Å². The zero-order valence-electron chi connectivity index (χ0n) is 20.9.